The molecule has 2 aromatic heterocycles. The summed E-state index contributed by atoms with van der Waals surface area (Å²) in [7, 11) is 0. The number of anilines is 1. The third-order valence-electron chi connectivity index (χ3n) is 5.13. The van der Waals surface area contributed by atoms with Crippen molar-refractivity contribution in [3.8, 4) is 0 Å². The lowest BCUT2D eigenvalue weighted by Gasteiger charge is -2.19. The molecule has 0 spiro atoms. The van der Waals surface area contributed by atoms with Crippen LogP contribution in [0.25, 0.3) is 0 Å². The average molecular weight is 336 g/mol. The van der Waals surface area contributed by atoms with Gasteiger partial charge in [-0.15, -0.1) is 0 Å². The Bertz CT molecular complexity index is 796. The van der Waals surface area contributed by atoms with Gasteiger partial charge in [-0.2, -0.15) is 0 Å². The molecule has 2 aromatic rings. The van der Waals surface area contributed by atoms with Crippen molar-refractivity contribution >= 4 is 17.5 Å². The third kappa shape index (κ3) is 3.24. The number of pyridine rings is 2. The summed E-state index contributed by atoms with van der Waals surface area (Å²) < 4.78 is 0. The molecule has 3 heterocycles. The van der Waals surface area contributed by atoms with Crippen molar-refractivity contribution in [1.29, 1.82) is 0 Å². The van der Waals surface area contributed by atoms with Crippen LogP contribution in [0.3, 0.4) is 0 Å². The fourth-order valence-corrected chi connectivity index (χ4v) is 3.80. The summed E-state index contributed by atoms with van der Waals surface area (Å²) in [6.45, 7) is 3.34. The number of carbonyl (C=O) groups is 2. The highest BCUT2D eigenvalue weighted by Crippen LogP contribution is 2.53. The highest BCUT2D eigenvalue weighted by atomic mass is 16.2. The van der Waals surface area contributed by atoms with E-state index >= 15 is 0 Å². The van der Waals surface area contributed by atoms with Crippen LogP contribution in [0.4, 0.5) is 5.69 Å². The van der Waals surface area contributed by atoms with E-state index in [1.165, 1.54) is 0 Å². The first-order valence-electron chi connectivity index (χ1n) is 8.54. The molecule has 2 amide bonds. The van der Waals surface area contributed by atoms with E-state index in [1.807, 2.05) is 30.0 Å². The van der Waals surface area contributed by atoms with Gasteiger partial charge in [0.1, 0.15) is 5.69 Å². The minimum Gasteiger partial charge on any atom is -0.337 e. The lowest BCUT2D eigenvalue weighted by Crippen LogP contribution is -2.32. The van der Waals surface area contributed by atoms with E-state index in [-0.39, 0.29) is 11.8 Å². The molecule has 0 radical (unpaired) electrons. The number of fused-ring (bicyclic) bond motifs is 1. The van der Waals surface area contributed by atoms with Crippen LogP contribution in [0.15, 0.2) is 42.7 Å². The quantitative estimate of drug-likeness (QED) is 0.928. The maximum Gasteiger partial charge on any atom is 0.272 e. The van der Waals surface area contributed by atoms with Gasteiger partial charge in [-0.25, -0.2) is 4.98 Å². The van der Waals surface area contributed by atoms with Gasteiger partial charge in [-0.3, -0.25) is 14.6 Å². The maximum atomic E-state index is 12.5. The largest absolute Gasteiger partial charge is 0.337 e. The van der Waals surface area contributed by atoms with Gasteiger partial charge in [-0.05, 0) is 48.9 Å². The van der Waals surface area contributed by atoms with E-state index in [2.05, 4.69) is 15.3 Å². The molecule has 1 saturated heterocycles. The number of aromatic nitrogens is 2. The molecule has 25 heavy (non-hydrogen) atoms. The van der Waals surface area contributed by atoms with E-state index in [0.717, 1.165) is 24.5 Å². The summed E-state index contributed by atoms with van der Waals surface area (Å²) in [5.74, 6) is 1.27. The molecule has 128 valence electrons. The molecule has 3 atom stereocenters. The number of piperidine rings is 1. The molecule has 0 aromatic carbocycles. The first-order chi connectivity index (χ1) is 12.1. The summed E-state index contributed by atoms with van der Waals surface area (Å²) >= 11 is 0. The number of nitrogens with zero attached hydrogens (tertiary/aromatic N) is 3. The summed E-state index contributed by atoms with van der Waals surface area (Å²) in [6.07, 6.45) is 3.82. The molecule has 1 aliphatic heterocycles. The molecule has 1 unspecified atom stereocenters. The number of aryl methyl sites for hydroxylation is 1. The second-order valence-corrected chi connectivity index (χ2v) is 6.86. The van der Waals surface area contributed by atoms with E-state index < -0.39 is 0 Å². The van der Waals surface area contributed by atoms with Crippen LogP contribution in [0.1, 0.15) is 22.6 Å². The Morgan fingerprint density at radius 2 is 2.00 bits per heavy atom. The van der Waals surface area contributed by atoms with Crippen molar-refractivity contribution in [2.24, 2.45) is 17.8 Å². The van der Waals surface area contributed by atoms with Gasteiger partial charge in [0.05, 0.1) is 11.9 Å². The number of rotatable bonds is 4. The molecular formula is C19H20N4O2. The van der Waals surface area contributed by atoms with Crippen LogP contribution in [0, 0.1) is 24.7 Å². The second kappa shape index (κ2) is 6.27. The van der Waals surface area contributed by atoms with Crippen LogP contribution in [-0.4, -0.2) is 39.8 Å². The second-order valence-electron chi connectivity index (χ2n) is 6.86. The minimum absolute atomic E-state index is 0.00513. The van der Waals surface area contributed by atoms with Crippen molar-refractivity contribution in [3.63, 3.8) is 0 Å². The maximum absolute atomic E-state index is 12.5. The molecule has 1 N–H and O–H groups in total. The smallest absolute Gasteiger partial charge is 0.272 e. The van der Waals surface area contributed by atoms with Gasteiger partial charge in [0.25, 0.3) is 5.91 Å². The van der Waals surface area contributed by atoms with Crippen LogP contribution in [0.2, 0.25) is 0 Å². The Morgan fingerprint density at radius 1 is 1.20 bits per heavy atom. The fourth-order valence-electron chi connectivity index (χ4n) is 3.80. The molecule has 6 heteroatoms. The van der Waals surface area contributed by atoms with Crippen LogP contribution < -0.4 is 5.32 Å². The summed E-state index contributed by atoms with van der Waals surface area (Å²) in [5, 5.41) is 2.88. The molecule has 4 rings (SSSR count). The first-order valence-corrected chi connectivity index (χ1v) is 8.54. The Labute approximate surface area is 146 Å². The molecular weight excluding hydrogens is 316 g/mol. The minimum atomic E-state index is -0.00513. The number of likely N-dealkylation sites (tertiary alicyclic amines) is 1. The van der Waals surface area contributed by atoms with Crippen LogP contribution in [0.5, 0.6) is 0 Å². The Balaban J connectivity index is 1.29. The van der Waals surface area contributed by atoms with Gasteiger partial charge in [0.2, 0.25) is 5.91 Å². The van der Waals surface area contributed by atoms with Crippen molar-refractivity contribution in [2.45, 2.75) is 13.3 Å². The molecule has 2 aliphatic rings. The van der Waals surface area contributed by atoms with E-state index in [4.69, 9.17) is 0 Å². The normalized spacial score (nSPS) is 23.9. The predicted octanol–water partition coefficient (Wildman–Crippen LogP) is 2.13. The summed E-state index contributed by atoms with van der Waals surface area (Å²) in [5.41, 5.74) is 2.08. The molecule has 6 nitrogen and oxygen atoms in total. The Hall–Kier alpha value is -2.76. The zero-order valence-corrected chi connectivity index (χ0v) is 14.1. The predicted molar refractivity (Wildman–Crippen MR) is 92.8 cm³/mol. The van der Waals surface area contributed by atoms with E-state index in [1.54, 1.807) is 24.5 Å². The fraction of sp³-hybridized carbons (Fsp3) is 0.368. The van der Waals surface area contributed by atoms with Crippen molar-refractivity contribution < 1.29 is 9.59 Å². The molecule has 1 aliphatic carbocycles. The zero-order valence-electron chi connectivity index (χ0n) is 14.1. The monoisotopic (exact) mass is 336 g/mol. The van der Waals surface area contributed by atoms with Gasteiger partial charge in [0, 0.05) is 31.4 Å². The molecule has 2 fully saturated rings. The van der Waals surface area contributed by atoms with E-state index in [0.29, 0.717) is 29.9 Å². The standard InChI is InChI=1S/C19H20N4O2/c1-12-4-2-6-17(21-12)19(25)23-10-15-14(16(15)11-23)8-18(24)22-13-5-3-7-20-9-13/h2-7,9,14-16H,8,10-11H2,1H3,(H,22,24)/t14?,15-,16+. The molecule has 0 bridgehead atoms. The number of nitrogens with one attached hydrogen (secondary N) is 1. The third-order valence-corrected chi connectivity index (χ3v) is 5.13. The lowest BCUT2D eigenvalue weighted by atomic mass is 10.1. The highest BCUT2D eigenvalue weighted by Gasteiger charge is 2.56. The highest BCUT2D eigenvalue weighted by molar-refractivity contribution is 5.93. The van der Waals surface area contributed by atoms with Gasteiger partial charge < -0.3 is 10.2 Å². The number of carbonyl (C=O) groups excluding carboxylic acids is 2. The van der Waals surface area contributed by atoms with Crippen molar-refractivity contribution in [3.05, 3.63) is 54.1 Å². The Kier molecular flexibility index (Phi) is 3.95. The van der Waals surface area contributed by atoms with Gasteiger partial charge in [0.15, 0.2) is 0 Å². The van der Waals surface area contributed by atoms with Crippen LogP contribution >= 0.6 is 0 Å². The average Bonchev–Trinajstić information content (AvgIpc) is 3.05. The lowest BCUT2D eigenvalue weighted by molar-refractivity contribution is -0.116. The summed E-state index contributed by atoms with van der Waals surface area (Å²) in [4.78, 5) is 34.8. The SMILES string of the molecule is Cc1cccc(C(=O)N2C[C@@H]3C(CC(=O)Nc4cccnc4)[C@@H]3C2)n1. The Morgan fingerprint density at radius 3 is 2.68 bits per heavy atom. The first kappa shape index (κ1) is 15.7. The zero-order chi connectivity index (χ0) is 17.4. The topological polar surface area (TPSA) is 75.2 Å². The van der Waals surface area contributed by atoms with Crippen LogP contribution in [-0.2, 0) is 4.79 Å². The molecule has 1 saturated carbocycles. The van der Waals surface area contributed by atoms with Gasteiger partial charge in [-0.1, -0.05) is 6.07 Å². The van der Waals surface area contributed by atoms with Crippen molar-refractivity contribution in [1.82, 2.24) is 14.9 Å². The number of hydrogen-bond donors (Lipinski definition) is 1. The van der Waals surface area contributed by atoms with E-state index in [9.17, 15) is 9.59 Å². The number of hydrogen-bond acceptors (Lipinski definition) is 4. The number of amides is 2. The van der Waals surface area contributed by atoms with Gasteiger partial charge >= 0.3 is 0 Å². The van der Waals surface area contributed by atoms with Crippen molar-refractivity contribution in [2.75, 3.05) is 18.4 Å². The summed E-state index contributed by atoms with van der Waals surface area (Å²) in [6, 6.07) is 9.13.